The highest BCUT2D eigenvalue weighted by Gasteiger charge is 2.35. The van der Waals surface area contributed by atoms with Gasteiger partial charge >= 0.3 is 6.03 Å². The topological polar surface area (TPSA) is 54.9 Å². The van der Waals surface area contributed by atoms with Gasteiger partial charge < -0.3 is 9.47 Å². The zero-order valence-electron chi connectivity index (χ0n) is 13.6. The maximum atomic E-state index is 14.7. The maximum absolute atomic E-state index is 14.7. The summed E-state index contributed by atoms with van der Waals surface area (Å²) in [7, 11) is 3.96. The highest BCUT2D eigenvalue weighted by molar-refractivity contribution is 6.29. The highest BCUT2D eigenvalue weighted by atomic mass is 35.5. The molecule has 9 heteroatoms. The summed E-state index contributed by atoms with van der Waals surface area (Å²) in [6.07, 6.45) is 1.46. The van der Waals surface area contributed by atoms with Gasteiger partial charge in [-0.3, -0.25) is 9.80 Å². The first-order valence-corrected chi connectivity index (χ1v) is 7.56. The molecule has 1 aromatic carbocycles. The summed E-state index contributed by atoms with van der Waals surface area (Å²) < 4.78 is 39.2. The van der Waals surface area contributed by atoms with E-state index in [4.69, 9.17) is 21.1 Å². The molecule has 1 aliphatic rings. The van der Waals surface area contributed by atoms with Gasteiger partial charge in [0.05, 0.1) is 26.5 Å². The highest BCUT2D eigenvalue weighted by Crippen LogP contribution is 2.40. The van der Waals surface area contributed by atoms with Crippen molar-refractivity contribution in [3.05, 3.63) is 40.7 Å². The fourth-order valence-corrected chi connectivity index (χ4v) is 2.84. The van der Waals surface area contributed by atoms with Gasteiger partial charge in [0.25, 0.3) is 0 Å². The Kier molecular flexibility index (Phi) is 4.38. The van der Waals surface area contributed by atoms with Crippen LogP contribution in [0.1, 0.15) is 5.56 Å². The van der Waals surface area contributed by atoms with Crippen molar-refractivity contribution in [1.29, 1.82) is 0 Å². The van der Waals surface area contributed by atoms with E-state index < -0.39 is 23.4 Å². The van der Waals surface area contributed by atoms with Gasteiger partial charge in [0, 0.05) is 24.9 Å². The lowest BCUT2D eigenvalue weighted by Gasteiger charge is -2.35. The van der Waals surface area contributed by atoms with Crippen molar-refractivity contribution in [3.63, 3.8) is 0 Å². The van der Waals surface area contributed by atoms with E-state index in [0.29, 0.717) is 11.3 Å². The predicted octanol–water partition coefficient (Wildman–Crippen LogP) is 3.61. The van der Waals surface area contributed by atoms with Crippen LogP contribution in [0.2, 0.25) is 5.15 Å². The van der Waals surface area contributed by atoms with Crippen molar-refractivity contribution < 1.29 is 23.0 Å². The molecular weight excluding hydrogens is 356 g/mol. The second-order valence-electron chi connectivity index (χ2n) is 5.32. The minimum Gasteiger partial charge on any atom is -0.493 e. The van der Waals surface area contributed by atoms with E-state index in [1.807, 2.05) is 0 Å². The number of halogens is 3. The molecule has 0 aliphatic carbocycles. The van der Waals surface area contributed by atoms with Crippen LogP contribution in [0.4, 0.5) is 25.0 Å². The summed E-state index contributed by atoms with van der Waals surface area (Å²) in [6.45, 7) is -0.0766. The van der Waals surface area contributed by atoms with Crippen LogP contribution < -0.4 is 19.3 Å². The number of methoxy groups -OCH3 is 2. The third-order valence-electron chi connectivity index (χ3n) is 3.96. The minimum absolute atomic E-state index is 0.0766. The van der Waals surface area contributed by atoms with E-state index in [2.05, 4.69) is 4.98 Å². The number of benzene rings is 1. The SMILES string of the molecule is COc1cc(OC)c(F)c(N2Cc3cnc(Cl)cc3N(C)C2=O)c1F. The molecule has 0 N–H and O–H groups in total. The Morgan fingerprint density at radius 1 is 1.16 bits per heavy atom. The van der Waals surface area contributed by atoms with Gasteiger partial charge in [-0.1, -0.05) is 11.6 Å². The summed E-state index contributed by atoms with van der Waals surface area (Å²) in [5, 5.41) is 0.215. The average Bonchev–Trinajstić information content (AvgIpc) is 2.60. The van der Waals surface area contributed by atoms with Crippen molar-refractivity contribution in [1.82, 2.24) is 4.98 Å². The number of carbonyl (C=O) groups excluding carboxylic acids is 1. The number of anilines is 2. The molecule has 0 unspecified atom stereocenters. The molecule has 132 valence electrons. The fraction of sp³-hybridized carbons (Fsp3) is 0.250. The molecule has 0 fully saturated rings. The Bertz CT molecular complexity index is 835. The van der Waals surface area contributed by atoms with Crippen molar-refractivity contribution >= 4 is 29.0 Å². The zero-order chi connectivity index (χ0) is 18.3. The lowest BCUT2D eigenvalue weighted by molar-refractivity contribution is 0.250. The van der Waals surface area contributed by atoms with Crippen LogP contribution in [0.15, 0.2) is 18.3 Å². The van der Waals surface area contributed by atoms with Crippen LogP contribution in [0, 0.1) is 11.6 Å². The Hall–Kier alpha value is -2.61. The third kappa shape index (κ3) is 2.72. The minimum atomic E-state index is -0.993. The summed E-state index contributed by atoms with van der Waals surface area (Å²) in [4.78, 5) is 18.8. The van der Waals surface area contributed by atoms with Crippen LogP contribution in [0.5, 0.6) is 11.5 Å². The number of fused-ring (bicyclic) bond motifs is 1. The Balaban J connectivity index is 2.17. The van der Waals surface area contributed by atoms with Gasteiger partial charge in [-0.15, -0.1) is 0 Å². The van der Waals surface area contributed by atoms with E-state index >= 15 is 0 Å². The van der Waals surface area contributed by atoms with E-state index in [0.717, 1.165) is 11.0 Å². The van der Waals surface area contributed by atoms with Crippen molar-refractivity contribution in [2.75, 3.05) is 31.1 Å². The molecular formula is C16H14ClF2N3O3. The molecule has 2 heterocycles. The van der Waals surface area contributed by atoms with Crippen LogP contribution in [-0.2, 0) is 6.54 Å². The molecule has 2 aromatic rings. The summed E-state index contributed by atoms with van der Waals surface area (Å²) >= 11 is 5.86. The number of amides is 2. The van der Waals surface area contributed by atoms with E-state index in [1.54, 1.807) is 0 Å². The van der Waals surface area contributed by atoms with E-state index in [-0.39, 0.29) is 23.2 Å². The van der Waals surface area contributed by atoms with E-state index in [9.17, 15) is 13.6 Å². The quantitative estimate of drug-likeness (QED) is 0.776. The van der Waals surface area contributed by atoms with Crippen LogP contribution in [0.25, 0.3) is 0 Å². The van der Waals surface area contributed by atoms with Gasteiger partial charge in [-0.2, -0.15) is 0 Å². The number of rotatable bonds is 3. The lowest BCUT2D eigenvalue weighted by atomic mass is 10.1. The molecule has 0 radical (unpaired) electrons. The molecule has 1 aromatic heterocycles. The number of carbonyl (C=O) groups is 1. The predicted molar refractivity (Wildman–Crippen MR) is 88.7 cm³/mol. The number of hydrogen-bond acceptors (Lipinski definition) is 4. The second-order valence-corrected chi connectivity index (χ2v) is 5.71. The molecule has 2 amide bonds. The monoisotopic (exact) mass is 369 g/mol. The fourth-order valence-electron chi connectivity index (χ4n) is 2.69. The Labute approximate surface area is 147 Å². The average molecular weight is 370 g/mol. The molecule has 1 aliphatic heterocycles. The van der Waals surface area contributed by atoms with E-state index in [1.165, 1.54) is 38.4 Å². The summed E-state index contributed by atoms with van der Waals surface area (Å²) in [5.41, 5.74) is 0.567. The van der Waals surface area contributed by atoms with Gasteiger partial charge in [0.1, 0.15) is 10.8 Å². The largest absolute Gasteiger partial charge is 0.493 e. The molecule has 0 saturated carbocycles. The van der Waals surface area contributed by atoms with Crippen molar-refractivity contribution in [2.24, 2.45) is 0 Å². The lowest BCUT2D eigenvalue weighted by Crippen LogP contribution is -2.46. The molecule has 0 saturated heterocycles. The van der Waals surface area contributed by atoms with Gasteiger partial charge in [0.2, 0.25) is 0 Å². The van der Waals surface area contributed by atoms with Crippen LogP contribution in [-0.4, -0.2) is 32.3 Å². The number of ether oxygens (including phenoxy) is 2. The molecule has 0 bridgehead atoms. The number of nitrogens with zero attached hydrogens (tertiary/aromatic N) is 3. The number of hydrogen-bond donors (Lipinski definition) is 0. The third-order valence-corrected chi connectivity index (χ3v) is 4.16. The number of urea groups is 1. The first-order valence-electron chi connectivity index (χ1n) is 7.18. The zero-order valence-corrected chi connectivity index (χ0v) is 14.4. The Morgan fingerprint density at radius 2 is 1.76 bits per heavy atom. The van der Waals surface area contributed by atoms with Crippen LogP contribution in [0.3, 0.4) is 0 Å². The molecule has 6 nitrogen and oxygen atoms in total. The van der Waals surface area contributed by atoms with Crippen LogP contribution >= 0.6 is 11.6 Å². The second kappa shape index (κ2) is 6.36. The Morgan fingerprint density at radius 3 is 2.32 bits per heavy atom. The normalized spacial score (nSPS) is 13.8. The molecule has 0 spiro atoms. The maximum Gasteiger partial charge on any atom is 0.329 e. The molecule has 25 heavy (non-hydrogen) atoms. The first-order chi connectivity index (χ1) is 11.9. The van der Waals surface area contributed by atoms with Gasteiger partial charge in [-0.05, 0) is 6.07 Å². The smallest absolute Gasteiger partial charge is 0.329 e. The van der Waals surface area contributed by atoms with Crippen molar-refractivity contribution in [2.45, 2.75) is 6.54 Å². The first kappa shape index (κ1) is 17.2. The molecule has 3 rings (SSSR count). The van der Waals surface area contributed by atoms with Crippen molar-refractivity contribution in [3.8, 4) is 11.5 Å². The summed E-state index contributed by atoms with van der Waals surface area (Å²) in [6, 6.07) is 1.98. The van der Waals surface area contributed by atoms with Gasteiger partial charge in [-0.25, -0.2) is 18.6 Å². The number of aromatic nitrogens is 1. The standard InChI is InChI=1S/C16H14ClF2N3O3/c1-21-9-4-12(17)20-6-8(9)7-22(16(21)23)15-13(18)10(24-2)5-11(25-3)14(15)19/h4-6H,7H2,1-3H3. The number of pyridine rings is 1. The van der Waals surface area contributed by atoms with Gasteiger partial charge in [0.15, 0.2) is 23.1 Å². The summed E-state index contributed by atoms with van der Waals surface area (Å²) in [5.74, 6) is -2.45. The molecule has 0 atom stereocenters.